The second kappa shape index (κ2) is 9.21. The van der Waals surface area contributed by atoms with Gasteiger partial charge in [0, 0.05) is 32.1 Å². The Balaban J connectivity index is 2.07. The molecule has 0 aromatic carbocycles. The quantitative estimate of drug-likeness (QED) is 0.551. The molecular weight excluding hydrogens is 338 g/mol. The van der Waals surface area contributed by atoms with Crippen LogP contribution in [0, 0.1) is 5.92 Å². The van der Waals surface area contributed by atoms with Crippen molar-refractivity contribution in [1.82, 2.24) is 10.6 Å². The van der Waals surface area contributed by atoms with Crippen molar-refractivity contribution in [2.75, 3.05) is 32.6 Å². The fraction of sp³-hybridized carbons (Fsp3) is 0.944. The van der Waals surface area contributed by atoms with Gasteiger partial charge in [-0.25, -0.2) is 8.42 Å². The molecule has 0 radical (unpaired) electrons. The zero-order chi connectivity index (χ0) is 18.3. The van der Waals surface area contributed by atoms with Crippen molar-refractivity contribution in [2.45, 2.75) is 69.6 Å². The van der Waals surface area contributed by atoms with Gasteiger partial charge in [-0.1, -0.05) is 26.2 Å². The fourth-order valence-corrected chi connectivity index (χ4v) is 5.13. The Kier molecular flexibility index (Phi) is 7.55. The zero-order valence-corrected chi connectivity index (χ0v) is 16.8. The number of sulfone groups is 1. The zero-order valence-electron chi connectivity index (χ0n) is 16.0. The molecule has 1 aliphatic heterocycles. The van der Waals surface area contributed by atoms with E-state index in [1.165, 1.54) is 31.9 Å². The Morgan fingerprint density at radius 3 is 2.56 bits per heavy atom. The minimum atomic E-state index is -3.19. The standard InChI is InChI=1S/C18H35N3O3S/c1-4-15-7-6-8-16(13-15)21-17(19-5-2)20-14-18(25(3,22)23)9-11-24-12-10-18/h15-16H,4-14H2,1-3H3,(H2,19,20,21). The third-order valence-electron chi connectivity index (χ3n) is 5.76. The molecule has 2 atom stereocenters. The normalized spacial score (nSPS) is 27.7. The van der Waals surface area contributed by atoms with Gasteiger partial charge in [-0.05, 0) is 38.5 Å². The molecule has 6 nitrogen and oxygen atoms in total. The van der Waals surface area contributed by atoms with E-state index in [1.807, 2.05) is 6.92 Å². The van der Waals surface area contributed by atoms with Crippen LogP contribution in [-0.2, 0) is 14.6 Å². The molecule has 25 heavy (non-hydrogen) atoms. The third-order valence-corrected chi connectivity index (χ3v) is 7.87. The van der Waals surface area contributed by atoms with E-state index in [2.05, 4.69) is 22.5 Å². The molecule has 1 saturated heterocycles. The summed E-state index contributed by atoms with van der Waals surface area (Å²) in [6.07, 6.45) is 8.51. The smallest absolute Gasteiger partial charge is 0.191 e. The van der Waals surface area contributed by atoms with Crippen LogP contribution >= 0.6 is 0 Å². The summed E-state index contributed by atoms with van der Waals surface area (Å²) in [5.41, 5.74) is 0. The lowest BCUT2D eigenvalue weighted by molar-refractivity contribution is 0.0768. The predicted octanol–water partition coefficient (Wildman–Crippen LogP) is 2.10. The van der Waals surface area contributed by atoms with Crippen molar-refractivity contribution >= 4 is 15.8 Å². The van der Waals surface area contributed by atoms with Gasteiger partial charge in [0.05, 0.1) is 11.3 Å². The first-order chi connectivity index (χ1) is 11.9. The molecule has 146 valence electrons. The van der Waals surface area contributed by atoms with E-state index in [4.69, 9.17) is 4.74 Å². The molecule has 2 unspecified atom stereocenters. The molecule has 1 aliphatic carbocycles. The van der Waals surface area contributed by atoms with Crippen LogP contribution < -0.4 is 10.6 Å². The van der Waals surface area contributed by atoms with Gasteiger partial charge in [0.2, 0.25) is 0 Å². The van der Waals surface area contributed by atoms with Gasteiger partial charge in [0.15, 0.2) is 15.8 Å². The van der Waals surface area contributed by atoms with E-state index in [0.717, 1.165) is 24.8 Å². The van der Waals surface area contributed by atoms with E-state index in [9.17, 15) is 8.42 Å². The van der Waals surface area contributed by atoms with Crippen molar-refractivity contribution in [3.8, 4) is 0 Å². The van der Waals surface area contributed by atoms with E-state index in [-0.39, 0.29) is 0 Å². The molecule has 7 heteroatoms. The Hall–Kier alpha value is -0.820. The molecule has 2 fully saturated rings. The van der Waals surface area contributed by atoms with Gasteiger partial charge >= 0.3 is 0 Å². The fourth-order valence-electron chi connectivity index (χ4n) is 3.92. The predicted molar refractivity (Wildman–Crippen MR) is 103 cm³/mol. The highest BCUT2D eigenvalue weighted by Gasteiger charge is 2.42. The molecule has 2 N–H and O–H groups in total. The first-order valence-electron chi connectivity index (χ1n) is 9.72. The van der Waals surface area contributed by atoms with E-state index >= 15 is 0 Å². The van der Waals surface area contributed by atoms with Crippen LogP contribution in [0.25, 0.3) is 0 Å². The number of nitrogens with zero attached hydrogens (tertiary/aromatic N) is 1. The summed E-state index contributed by atoms with van der Waals surface area (Å²) in [5, 5.41) is 6.83. The van der Waals surface area contributed by atoms with Gasteiger partial charge in [0.1, 0.15) is 0 Å². The monoisotopic (exact) mass is 373 g/mol. The van der Waals surface area contributed by atoms with Gasteiger partial charge in [-0.2, -0.15) is 0 Å². The summed E-state index contributed by atoms with van der Waals surface area (Å²) in [6.45, 7) is 6.35. The average molecular weight is 374 g/mol. The number of rotatable bonds is 6. The summed E-state index contributed by atoms with van der Waals surface area (Å²) >= 11 is 0. The average Bonchev–Trinajstić information content (AvgIpc) is 2.60. The minimum absolute atomic E-state index is 0.300. The van der Waals surface area contributed by atoms with Crippen molar-refractivity contribution < 1.29 is 13.2 Å². The van der Waals surface area contributed by atoms with E-state index in [1.54, 1.807) is 0 Å². The molecule has 0 aromatic heterocycles. The summed E-state index contributed by atoms with van der Waals surface area (Å²) in [5.74, 6) is 1.53. The Bertz CT molecular complexity index is 542. The summed E-state index contributed by atoms with van der Waals surface area (Å²) < 4.78 is 29.4. The maximum absolute atomic E-state index is 12.4. The lowest BCUT2D eigenvalue weighted by Crippen LogP contribution is -2.49. The second-order valence-electron chi connectivity index (χ2n) is 7.54. The van der Waals surface area contributed by atoms with Gasteiger partial charge in [-0.3, -0.25) is 4.99 Å². The molecule has 2 aliphatic rings. The third kappa shape index (κ3) is 5.58. The number of nitrogens with one attached hydrogen (secondary N) is 2. The van der Waals surface area contributed by atoms with Crippen LogP contribution in [0.4, 0.5) is 0 Å². The summed E-state index contributed by atoms with van der Waals surface area (Å²) in [6, 6.07) is 0.431. The maximum Gasteiger partial charge on any atom is 0.191 e. The Morgan fingerprint density at radius 1 is 1.24 bits per heavy atom. The van der Waals surface area contributed by atoms with Crippen molar-refractivity contribution in [1.29, 1.82) is 0 Å². The van der Waals surface area contributed by atoms with Crippen molar-refractivity contribution in [2.24, 2.45) is 10.9 Å². The van der Waals surface area contributed by atoms with Crippen LogP contribution in [0.1, 0.15) is 58.8 Å². The highest BCUT2D eigenvalue weighted by molar-refractivity contribution is 7.92. The van der Waals surface area contributed by atoms with Gasteiger partial charge in [-0.15, -0.1) is 0 Å². The van der Waals surface area contributed by atoms with Gasteiger partial charge < -0.3 is 15.4 Å². The Morgan fingerprint density at radius 2 is 1.96 bits per heavy atom. The van der Waals surface area contributed by atoms with Crippen LogP contribution in [-0.4, -0.2) is 57.7 Å². The first-order valence-corrected chi connectivity index (χ1v) is 11.6. The summed E-state index contributed by atoms with van der Waals surface area (Å²) in [4.78, 5) is 4.68. The Labute approximate surface area is 153 Å². The topological polar surface area (TPSA) is 79.8 Å². The molecule has 0 aromatic rings. The molecular formula is C18H35N3O3S. The van der Waals surface area contributed by atoms with Crippen molar-refractivity contribution in [3.05, 3.63) is 0 Å². The highest BCUT2D eigenvalue weighted by atomic mass is 32.2. The van der Waals surface area contributed by atoms with E-state index in [0.29, 0.717) is 38.6 Å². The molecule has 0 spiro atoms. The number of guanidine groups is 1. The number of hydrogen-bond donors (Lipinski definition) is 2. The second-order valence-corrected chi connectivity index (χ2v) is 9.96. The highest BCUT2D eigenvalue weighted by Crippen LogP contribution is 2.30. The van der Waals surface area contributed by atoms with Crippen LogP contribution in [0.3, 0.4) is 0 Å². The minimum Gasteiger partial charge on any atom is -0.381 e. The molecule has 2 rings (SSSR count). The van der Waals surface area contributed by atoms with Crippen LogP contribution in [0.5, 0.6) is 0 Å². The van der Waals surface area contributed by atoms with Crippen LogP contribution in [0.15, 0.2) is 4.99 Å². The number of ether oxygens (including phenoxy) is 1. The molecule has 0 amide bonds. The maximum atomic E-state index is 12.4. The van der Waals surface area contributed by atoms with Crippen LogP contribution in [0.2, 0.25) is 0 Å². The molecule has 1 saturated carbocycles. The summed E-state index contributed by atoms with van der Waals surface area (Å²) in [7, 11) is -3.19. The van der Waals surface area contributed by atoms with Crippen molar-refractivity contribution in [3.63, 3.8) is 0 Å². The van der Waals surface area contributed by atoms with Gasteiger partial charge in [0.25, 0.3) is 0 Å². The number of hydrogen-bond acceptors (Lipinski definition) is 4. The lowest BCUT2D eigenvalue weighted by atomic mass is 9.84. The molecule has 1 heterocycles. The lowest BCUT2D eigenvalue weighted by Gasteiger charge is -2.34. The first kappa shape index (κ1) is 20.5. The molecule has 0 bridgehead atoms. The van der Waals surface area contributed by atoms with E-state index < -0.39 is 14.6 Å². The number of aliphatic imine (C=N–C) groups is 1. The largest absolute Gasteiger partial charge is 0.381 e. The SMILES string of the molecule is CCNC(=NCC1(S(C)(=O)=O)CCOCC1)NC1CCCC(CC)C1.